The Bertz CT molecular complexity index is 356. The van der Waals surface area contributed by atoms with Crippen molar-refractivity contribution in [1.82, 2.24) is 0 Å². The average molecular weight is 222 g/mol. The normalized spacial score (nSPS) is 20.9. The Morgan fingerprint density at radius 3 is 2.62 bits per heavy atom. The standard InChI is InChI=1S/C14H19FO/c1-2-14(8-3-4-9-14)13(16)11-6-5-7-12(15)10-11/h5-7,10,13,16H,2-4,8-9H2,1H3. The molecule has 1 nitrogen and oxygen atoms in total. The molecule has 0 amide bonds. The van der Waals surface area contributed by atoms with Gasteiger partial charge in [0.2, 0.25) is 0 Å². The van der Waals surface area contributed by atoms with Crippen molar-refractivity contribution in [1.29, 1.82) is 0 Å². The highest BCUT2D eigenvalue weighted by Crippen LogP contribution is 2.49. The molecule has 1 aliphatic carbocycles. The van der Waals surface area contributed by atoms with E-state index in [0.29, 0.717) is 0 Å². The van der Waals surface area contributed by atoms with Gasteiger partial charge < -0.3 is 5.11 Å². The Morgan fingerprint density at radius 2 is 2.06 bits per heavy atom. The quantitative estimate of drug-likeness (QED) is 0.824. The highest BCUT2D eigenvalue weighted by atomic mass is 19.1. The lowest BCUT2D eigenvalue weighted by molar-refractivity contribution is 0.0235. The first-order valence-electron chi connectivity index (χ1n) is 6.11. The Balaban J connectivity index is 2.26. The zero-order valence-electron chi connectivity index (χ0n) is 9.75. The first-order valence-corrected chi connectivity index (χ1v) is 6.11. The average Bonchev–Trinajstić information content (AvgIpc) is 2.78. The third-order valence-electron chi connectivity index (χ3n) is 4.05. The largest absolute Gasteiger partial charge is 0.388 e. The van der Waals surface area contributed by atoms with Gasteiger partial charge in [0, 0.05) is 5.41 Å². The van der Waals surface area contributed by atoms with E-state index in [4.69, 9.17) is 0 Å². The van der Waals surface area contributed by atoms with Crippen LogP contribution in [-0.4, -0.2) is 5.11 Å². The summed E-state index contributed by atoms with van der Waals surface area (Å²) in [6.45, 7) is 2.12. The van der Waals surface area contributed by atoms with Crippen molar-refractivity contribution in [3.8, 4) is 0 Å². The van der Waals surface area contributed by atoms with Gasteiger partial charge in [0.05, 0.1) is 6.10 Å². The summed E-state index contributed by atoms with van der Waals surface area (Å²) in [5.74, 6) is -0.263. The molecule has 1 unspecified atom stereocenters. The molecule has 2 heteroatoms. The van der Waals surface area contributed by atoms with Gasteiger partial charge >= 0.3 is 0 Å². The van der Waals surface area contributed by atoms with Gasteiger partial charge in [-0.1, -0.05) is 31.9 Å². The molecule has 1 saturated carbocycles. The van der Waals surface area contributed by atoms with Crippen LogP contribution in [0.25, 0.3) is 0 Å². The van der Waals surface area contributed by atoms with Crippen LogP contribution in [0.2, 0.25) is 0 Å². The molecular formula is C14H19FO. The molecule has 1 N–H and O–H groups in total. The Kier molecular flexibility index (Phi) is 3.29. The molecule has 16 heavy (non-hydrogen) atoms. The molecule has 1 aromatic rings. The van der Waals surface area contributed by atoms with Crippen molar-refractivity contribution in [3.63, 3.8) is 0 Å². The number of halogens is 1. The third-order valence-corrected chi connectivity index (χ3v) is 4.05. The minimum absolute atomic E-state index is 0.0200. The van der Waals surface area contributed by atoms with E-state index in [1.807, 2.05) is 6.07 Å². The molecule has 1 aliphatic rings. The zero-order chi connectivity index (χ0) is 11.6. The summed E-state index contributed by atoms with van der Waals surface area (Å²) in [5, 5.41) is 10.4. The van der Waals surface area contributed by atoms with Crippen LogP contribution in [0.15, 0.2) is 24.3 Å². The summed E-state index contributed by atoms with van der Waals surface area (Å²) >= 11 is 0. The van der Waals surface area contributed by atoms with Crippen molar-refractivity contribution in [3.05, 3.63) is 35.6 Å². The van der Waals surface area contributed by atoms with E-state index in [-0.39, 0.29) is 11.2 Å². The minimum Gasteiger partial charge on any atom is -0.388 e. The molecule has 1 fully saturated rings. The molecular weight excluding hydrogens is 203 g/mol. The Morgan fingerprint density at radius 1 is 1.38 bits per heavy atom. The molecule has 88 valence electrons. The van der Waals surface area contributed by atoms with E-state index in [9.17, 15) is 9.50 Å². The second-order valence-corrected chi connectivity index (χ2v) is 4.88. The lowest BCUT2D eigenvalue weighted by atomic mass is 9.75. The fraction of sp³-hybridized carbons (Fsp3) is 0.571. The molecule has 0 aromatic heterocycles. The van der Waals surface area contributed by atoms with E-state index < -0.39 is 6.10 Å². The molecule has 0 radical (unpaired) electrons. The second kappa shape index (κ2) is 4.54. The zero-order valence-corrected chi connectivity index (χ0v) is 9.75. The third kappa shape index (κ3) is 1.99. The number of hydrogen-bond acceptors (Lipinski definition) is 1. The van der Waals surface area contributed by atoms with Gasteiger partial charge in [-0.3, -0.25) is 0 Å². The van der Waals surface area contributed by atoms with E-state index in [1.54, 1.807) is 6.07 Å². The number of aliphatic hydroxyl groups is 1. The summed E-state index contributed by atoms with van der Waals surface area (Å²) in [5.41, 5.74) is 0.706. The first kappa shape index (κ1) is 11.6. The number of aliphatic hydroxyl groups excluding tert-OH is 1. The van der Waals surface area contributed by atoms with Gasteiger partial charge in [0.15, 0.2) is 0 Å². The predicted molar refractivity (Wildman–Crippen MR) is 62.6 cm³/mol. The maximum absolute atomic E-state index is 13.1. The SMILES string of the molecule is CCC1(C(O)c2cccc(F)c2)CCCC1. The molecule has 0 aliphatic heterocycles. The van der Waals surface area contributed by atoms with Crippen LogP contribution in [0.4, 0.5) is 4.39 Å². The Labute approximate surface area is 96.3 Å². The molecule has 2 rings (SSSR count). The fourth-order valence-electron chi connectivity index (χ4n) is 2.93. The summed E-state index contributed by atoms with van der Waals surface area (Å²) in [7, 11) is 0. The molecule has 1 atom stereocenters. The van der Waals surface area contributed by atoms with Crippen molar-refractivity contribution >= 4 is 0 Å². The van der Waals surface area contributed by atoms with Gasteiger partial charge in [-0.2, -0.15) is 0 Å². The summed E-state index contributed by atoms with van der Waals surface area (Å²) in [6, 6.07) is 6.37. The van der Waals surface area contributed by atoms with E-state index in [0.717, 1.165) is 24.8 Å². The first-order chi connectivity index (χ1) is 7.68. The van der Waals surface area contributed by atoms with E-state index >= 15 is 0 Å². The van der Waals surface area contributed by atoms with Gasteiger partial charge in [0.1, 0.15) is 5.82 Å². The lowest BCUT2D eigenvalue weighted by Gasteiger charge is -2.33. The minimum atomic E-state index is -0.518. The van der Waals surface area contributed by atoms with Crippen LogP contribution in [0.3, 0.4) is 0 Å². The number of rotatable bonds is 3. The van der Waals surface area contributed by atoms with Crippen molar-refractivity contribution in [2.75, 3.05) is 0 Å². The molecule has 1 aromatic carbocycles. The monoisotopic (exact) mass is 222 g/mol. The number of hydrogen-bond donors (Lipinski definition) is 1. The van der Waals surface area contributed by atoms with Crippen molar-refractivity contribution in [2.45, 2.75) is 45.1 Å². The smallest absolute Gasteiger partial charge is 0.123 e. The van der Waals surface area contributed by atoms with Crippen LogP contribution in [0.1, 0.15) is 50.7 Å². The van der Waals surface area contributed by atoms with Crippen molar-refractivity contribution in [2.24, 2.45) is 5.41 Å². The van der Waals surface area contributed by atoms with Crippen LogP contribution >= 0.6 is 0 Å². The molecule has 0 heterocycles. The highest BCUT2D eigenvalue weighted by molar-refractivity contribution is 5.21. The second-order valence-electron chi connectivity index (χ2n) is 4.88. The van der Waals surface area contributed by atoms with Crippen molar-refractivity contribution < 1.29 is 9.50 Å². The lowest BCUT2D eigenvalue weighted by Crippen LogP contribution is -2.25. The van der Waals surface area contributed by atoms with Crippen LogP contribution in [-0.2, 0) is 0 Å². The van der Waals surface area contributed by atoms with Gasteiger partial charge in [-0.15, -0.1) is 0 Å². The summed E-state index contributed by atoms with van der Waals surface area (Å²) < 4.78 is 13.1. The summed E-state index contributed by atoms with van der Waals surface area (Å²) in [4.78, 5) is 0. The van der Waals surface area contributed by atoms with Gasteiger partial charge in [-0.25, -0.2) is 4.39 Å². The van der Waals surface area contributed by atoms with Crippen LogP contribution < -0.4 is 0 Å². The molecule has 0 saturated heterocycles. The van der Waals surface area contributed by atoms with Crippen LogP contribution in [0, 0.1) is 11.2 Å². The predicted octanol–water partition coefficient (Wildman–Crippen LogP) is 3.83. The summed E-state index contributed by atoms with van der Waals surface area (Å²) in [6.07, 6.45) is 4.92. The van der Waals surface area contributed by atoms with E-state index in [2.05, 4.69) is 6.92 Å². The van der Waals surface area contributed by atoms with Crippen LogP contribution in [0.5, 0.6) is 0 Å². The van der Waals surface area contributed by atoms with E-state index in [1.165, 1.54) is 25.0 Å². The molecule has 0 spiro atoms. The van der Waals surface area contributed by atoms with Gasteiger partial charge in [-0.05, 0) is 37.0 Å². The molecule has 0 bridgehead atoms. The Hall–Kier alpha value is -0.890. The maximum Gasteiger partial charge on any atom is 0.123 e. The highest BCUT2D eigenvalue weighted by Gasteiger charge is 2.39. The topological polar surface area (TPSA) is 20.2 Å². The van der Waals surface area contributed by atoms with Gasteiger partial charge in [0.25, 0.3) is 0 Å². The number of benzene rings is 1. The fourth-order valence-corrected chi connectivity index (χ4v) is 2.93. The maximum atomic E-state index is 13.1.